The molecule has 0 aliphatic heterocycles. The van der Waals surface area contributed by atoms with Crippen molar-refractivity contribution < 1.29 is 4.79 Å². The number of rotatable bonds is 8. The molecule has 0 unspecified atom stereocenters. The van der Waals surface area contributed by atoms with Crippen molar-refractivity contribution in [2.24, 2.45) is 0 Å². The maximum atomic E-state index is 13.3. The fourth-order valence-electron chi connectivity index (χ4n) is 4.20. The van der Waals surface area contributed by atoms with E-state index in [0.29, 0.717) is 41.1 Å². The van der Waals surface area contributed by atoms with E-state index in [9.17, 15) is 9.59 Å². The van der Waals surface area contributed by atoms with E-state index in [2.05, 4.69) is 6.07 Å². The Morgan fingerprint density at radius 1 is 0.943 bits per heavy atom. The first-order chi connectivity index (χ1) is 17.2. The van der Waals surface area contributed by atoms with Crippen molar-refractivity contribution in [1.29, 1.82) is 5.26 Å². The number of benzene rings is 3. The number of thioether (sulfide) groups is 1. The molecule has 0 fully saturated rings. The van der Waals surface area contributed by atoms with Gasteiger partial charge in [-0.05, 0) is 23.8 Å². The Morgan fingerprint density at radius 3 is 2.46 bits per heavy atom. The van der Waals surface area contributed by atoms with Crippen LogP contribution in [0.1, 0.15) is 22.3 Å². The fraction of sp³-hybridized carbons (Fsp3) is 0.143. The minimum absolute atomic E-state index is 0.0458. The molecule has 5 aromatic rings. The van der Waals surface area contributed by atoms with Crippen LogP contribution < -0.4 is 5.56 Å². The molecule has 3 aromatic carbocycles. The molecular weight excluding hydrogens is 456 g/mol. The Labute approximate surface area is 206 Å². The summed E-state index contributed by atoms with van der Waals surface area (Å²) in [4.78, 5) is 31.4. The first-order valence-electron chi connectivity index (χ1n) is 11.3. The lowest BCUT2D eigenvalue weighted by atomic mass is 10.1. The van der Waals surface area contributed by atoms with Crippen LogP contribution in [-0.4, -0.2) is 25.7 Å². The van der Waals surface area contributed by atoms with Gasteiger partial charge in [0.25, 0.3) is 5.56 Å². The second-order valence-corrected chi connectivity index (χ2v) is 9.10. The lowest BCUT2D eigenvalue weighted by molar-refractivity contribution is 0.102. The van der Waals surface area contributed by atoms with Crippen molar-refractivity contribution in [3.63, 3.8) is 0 Å². The van der Waals surface area contributed by atoms with E-state index >= 15 is 0 Å². The molecule has 0 spiro atoms. The molecule has 35 heavy (non-hydrogen) atoms. The summed E-state index contributed by atoms with van der Waals surface area (Å²) in [6.45, 7) is 0.905. The van der Waals surface area contributed by atoms with Crippen LogP contribution in [-0.2, 0) is 13.1 Å². The maximum absolute atomic E-state index is 13.3. The lowest BCUT2D eigenvalue weighted by Crippen LogP contribution is -2.24. The second kappa shape index (κ2) is 10.00. The third-order valence-electron chi connectivity index (χ3n) is 5.90. The van der Waals surface area contributed by atoms with Crippen molar-refractivity contribution in [1.82, 2.24) is 14.1 Å². The number of hydrogen-bond acceptors (Lipinski definition) is 5. The van der Waals surface area contributed by atoms with Gasteiger partial charge in [-0.15, -0.1) is 0 Å². The van der Waals surface area contributed by atoms with Crippen LogP contribution in [0.25, 0.3) is 21.8 Å². The maximum Gasteiger partial charge on any atom is 0.262 e. The van der Waals surface area contributed by atoms with Crippen molar-refractivity contribution in [3.8, 4) is 6.07 Å². The van der Waals surface area contributed by atoms with Crippen molar-refractivity contribution in [2.75, 3.05) is 5.75 Å². The molecule has 0 saturated carbocycles. The monoisotopic (exact) mass is 478 g/mol. The molecule has 172 valence electrons. The summed E-state index contributed by atoms with van der Waals surface area (Å²) < 4.78 is 3.60. The van der Waals surface area contributed by atoms with Gasteiger partial charge in [0.05, 0.1) is 35.7 Å². The number of para-hydroxylation sites is 2. The third-order valence-corrected chi connectivity index (χ3v) is 6.87. The summed E-state index contributed by atoms with van der Waals surface area (Å²) in [7, 11) is 0. The summed E-state index contributed by atoms with van der Waals surface area (Å²) in [5.41, 5.74) is 3.03. The Bertz CT molecular complexity index is 1630. The lowest BCUT2D eigenvalue weighted by Gasteiger charge is -2.13. The van der Waals surface area contributed by atoms with E-state index < -0.39 is 0 Å². The summed E-state index contributed by atoms with van der Waals surface area (Å²) in [5.74, 6) is 0.0989. The van der Waals surface area contributed by atoms with Crippen LogP contribution in [0.15, 0.2) is 95.0 Å². The smallest absolute Gasteiger partial charge is 0.262 e. The number of nitrogens with zero attached hydrogens (tertiary/aromatic N) is 4. The van der Waals surface area contributed by atoms with Gasteiger partial charge in [0.2, 0.25) is 0 Å². The van der Waals surface area contributed by atoms with E-state index in [0.717, 1.165) is 16.5 Å². The molecular formula is C28H22N4O2S. The Kier molecular flexibility index (Phi) is 6.47. The average Bonchev–Trinajstić information content (AvgIpc) is 3.27. The number of aromatic nitrogens is 3. The van der Waals surface area contributed by atoms with E-state index in [1.54, 1.807) is 10.6 Å². The largest absolute Gasteiger partial charge is 0.346 e. The molecule has 0 aliphatic rings. The topological polar surface area (TPSA) is 80.7 Å². The summed E-state index contributed by atoms with van der Waals surface area (Å²) >= 11 is 1.27. The van der Waals surface area contributed by atoms with Crippen LogP contribution in [0.3, 0.4) is 0 Å². The molecule has 5 rings (SSSR count). The van der Waals surface area contributed by atoms with Gasteiger partial charge < -0.3 is 4.57 Å². The minimum Gasteiger partial charge on any atom is -0.346 e. The van der Waals surface area contributed by atoms with Crippen LogP contribution >= 0.6 is 11.8 Å². The van der Waals surface area contributed by atoms with Gasteiger partial charge in [-0.25, -0.2) is 4.98 Å². The number of fused-ring (bicyclic) bond motifs is 2. The summed E-state index contributed by atoms with van der Waals surface area (Å²) in [6.07, 6.45) is 2.20. The highest BCUT2D eigenvalue weighted by Crippen LogP contribution is 2.25. The number of nitriles is 1. The summed E-state index contributed by atoms with van der Waals surface area (Å²) in [5, 5.41) is 10.9. The van der Waals surface area contributed by atoms with Gasteiger partial charge in [0.15, 0.2) is 10.9 Å². The van der Waals surface area contributed by atoms with E-state index in [1.807, 2.05) is 83.6 Å². The highest BCUT2D eigenvalue weighted by atomic mass is 32.2. The van der Waals surface area contributed by atoms with E-state index in [1.165, 1.54) is 11.8 Å². The third kappa shape index (κ3) is 4.61. The predicted octanol–water partition coefficient (Wildman–Crippen LogP) is 5.29. The summed E-state index contributed by atoms with van der Waals surface area (Å²) in [6, 6.07) is 26.9. The van der Waals surface area contributed by atoms with Crippen LogP contribution in [0, 0.1) is 11.3 Å². The van der Waals surface area contributed by atoms with Gasteiger partial charge in [-0.3, -0.25) is 14.2 Å². The zero-order chi connectivity index (χ0) is 24.2. The first-order valence-corrected chi connectivity index (χ1v) is 12.3. The number of carbonyl (C=O) groups excluding carboxylic acids is 1. The number of Topliss-reactive ketones (excluding diaryl/α,β-unsaturated/α-hetero) is 1. The quantitative estimate of drug-likeness (QED) is 0.172. The van der Waals surface area contributed by atoms with Gasteiger partial charge in [0.1, 0.15) is 0 Å². The highest BCUT2D eigenvalue weighted by molar-refractivity contribution is 7.99. The SMILES string of the molecule is N#CCCn1cc(C(=O)CSc2nc3ccccc3c(=O)n2Cc2ccccc2)c2ccccc21. The highest BCUT2D eigenvalue weighted by Gasteiger charge is 2.18. The zero-order valence-corrected chi connectivity index (χ0v) is 19.7. The number of ketones is 1. The molecule has 0 bridgehead atoms. The predicted molar refractivity (Wildman–Crippen MR) is 139 cm³/mol. The standard InChI is InChI=1S/C28H22N4O2S/c29-15-8-16-31-18-23(21-11-5-7-14-25(21)31)26(33)19-35-28-30-24-13-6-4-12-22(24)27(34)32(28)17-20-9-2-1-3-10-20/h1-7,9-14,18H,8,16-17,19H2. The zero-order valence-electron chi connectivity index (χ0n) is 18.9. The van der Waals surface area contributed by atoms with Crippen LogP contribution in [0.2, 0.25) is 0 Å². The van der Waals surface area contributed by atoms with Gasteiger partial charge >= 0.3 is 0 Å². The van der Waals surface area contributed by atoms with Gasteiger partial charge in [-0.1, -0.05) is 72.4 Å². The molecule has 7 heteroatoms. The van der Waals surface area contributed by atoms with E-state index in [-0.39, 0.29) is 17.1 Å². The normalized spacial score (nSPS) is 11.1. The molecule has 6 nitrogen and oxygen atoms in total. The number of carbonyl (C=O) groups is 1. The average molecular weight is 479 g/mol. The van der Waals surface area contributed by atoms with Crippen molar-refractivity contribution >= 4 is 39.4 Å². The molecule has 2 heterocycles. The van der Waals surface area contributed by atoms with Crippen LogP contribution in [0.4, 0.5) is 0 Å². The van der Waals surface area contributed by atoms with Gasteiger partial charge in [-0.2, -0.15) is 5.26 Å². The molecule has 0 amide bonds. The minimum atomic E-state index is -0.123. The van der Waals surface area contributed by atoms with Gasteiger partial charge in [0, 0.05) is 29.2 Å². The molecule has 0 N–H and O–H groups in total. The van der Waals surface area contributed by atoms with E-state index in [4.69, 9.17) is 10.2 Å². The van der Waals surface area contributed by atoms with Crippen LogP contribution in [0.5, 0.6) is 0 Å². The number of hydrogen-bond donors (Lipinski definition) is 0. The Balaban J connectivity index is 1.48. The second-order valence-electron chi connectivity index (χ2n) is 8.16. The Morgan fingerprint density at radius 2 is 1.66 bits per heavy atom. The molecule has 0 saturated heterocycles. The van der Waals surface area contributed by atoms with Crippen molar-refractivity contribution in [3.05, 3.63) is 107 Å². The van der Waals surface area contributed by atoms with Crippen molar-refractivity contribution in [2.45, 2.75) is 24.7 Å². The fourth-order valence-corrected chi connectivity index (χ4v) is 5.08. The number of aryl methyl sites for hydroxylation is 1. The molecule has 0 atom stereocenters. The first kappa shape index (κ1) is 22.6. The Hall–Kier alpha value is -4.15. The molecule has 0 aliphatic carbocycles. The molecule has 2 aromatic heterocycles. The molecule has 0 radical (unpaired) electrons.